The van der Waals surface area contributed by atoms with Crippen molar-refractivity contribution in [3.63, 3.8) is 0 Å². The SMILES string of the molecule is CN(Cc1cccc(CN(C)C(C)(CO)CO)n1)C(C)(CO)CO. The third-order valence-electron chi connectivity index (χ3n) is 4.87. The first-order valence-electron chi connectivity index (χ1n) is 8.05. The number of aromatic nitrogens is 1. The van der Waals surface area contributed by atoms with Crippen LogP contribution in [0.25, 0.3) is 0 Å². The standard InChI is InChI=1S/C17H31N3O4/c1-16(10-21,11-22)19(3)8-14-6-5-7-15(18-14)9-20(4)17(2,12-23)13-24/h5-7,21-24H,8-13H2,1-4H3. The van der Waals surface area contributed by atoms with Gasteiger partial charge in [0, 0.05) is 13.1 Å². The lowest BCUT2D eigenvalue weighted by molar-refractivity contribution is 0.00862. The van der Waals surface area contributed by atoms with E-state index in [1.807, 2.05) is 42.1 Å². The minimum atomic E-state index is -0.708. The Bertz CT molecular complexity index is 463. The van der Waals surface area contributed by atoms with Crippen LogP contribution in [0, 0.1) is 0 Å². The van der Waals surface area contributed by atoms with E-state index in [1.54, 1.807) is 13.8 Å². The predicted molar refractivity (Wildman–Crippen MR) is 92.3 cm³/mol. The first-order chi connectivity index (χ1) is 11.2. The van der Waals surface area contributed by atoms with Crippen LogP contribution in [0.3, 0.4) is 0 Å². The molecule has 0 aliphatic rings. The minimum Gasteiger partial charge on any atom is -0.394 e. The Kier molecular flexibility index (Phi) is 7.72. The van der Waals surface area contributed by atoms with Crippen LogP contribution < -0.4 is 0 Å². The third-order valence-corrected chi connectivity index (χ3v) is 4.87. The van der Waals surface area contributed by atoms with Gasteiger partial charge in [-0.3, -0.25) is 14.8 Å². The van der Waals surface area contributed by atoms with Crippen LogP contribution in [0.15, 0.2) is 18.2 Å². The Labute approximate surface area is 144 Å². The van der Waals surface area contributed by atoms with Crippen molar-refractivity contribution in [1.29, 1.82) is 0 Å². The molecule has 1 aromatic rings. The van der Waals surface area contributed by atoms with Crippen LogP contribution in [0.1, 0.15) is 25.2 Å². The highest BCUT2D eigenvalue weighted by molar-refractivity contribution is 5.12. The van der Waals surface area contributed by atoms with Crippen LogP contribution in [0.5, 0.6) is 0 Å². The quantitative estimate of drug-likeness (QED) is 0.452. The minimum absolute atomic E-state index is 0.145. The van der Waals surface area contributed by atoms with E-state index in [-0.39, 0.29) is 26.4 Å². The molecule has 0 atom stereocenters. The molecule has 1 heterocycles. The Morgan fingerprint density at radius 2 is 1.12 bits per heavy atom. The van der Waals surface area contributed by atoms with E-state index < -0.39 is 11.1 Å². The average molecular weight is 341 g/mol. The molecule has 0 aliphatic heterocycles. The van der Waals surface area contributed by atoms with E-state index in [0.29, 0.717) is 13.1 Å². The highest BCUT2D eigenvalue weighted by atomic mass is 16.3. The van der Waals surface area contributed by atoms with Gasteiger partial charge >= 0.3 is 0 Å². The molecule has 1 rings (SSSR count). The molecule has 0 unspecified atom stereocenters. The Balaban J connectivity index is 2.84. The second-order valence-electron chi connectivity index (χ2n) is 6.96. The van der Waals surface area contributed by atoms with Gasteiger partial charge in [-0.15, -0.1) is 0 Å². The van der Waals surface area contributed by atoms with Crippen LogP contribution in [0.4, 0.5) is 0 Å². The van der Waals surface area contributed by atoms with E-state index in [1.165, 1.54) is 0 Å². The van der Waals surface area contributed by atoms with Crippen LogP contribution >= 0.6 is 0 Å². The lowest BCUT2D eigenvalue weighted by atomic mass is 10.0. The van der Waals surface area contributed by atoms with Gasteiger partial charge in [-0.2, -0.15) is 0 Å². The van der Waals surface area contributed by atoms with Gasteiger partial charge in [0.1, 0.15) is 0 Å². The normalized spacial score (nSPS) is 13.1. The summed E-state index contributed by atoms with van der Waals surface area (Å²) in [5, 5.41) is 37.9. The smallest absolute Gasteiger partial charge is 0.0645 e. The third kappa shape index (κ3) is 4.95. The van der Waals surface area contributed by atoms with Gasteiger partial charge in [-0.05, 0) is 40.1 Å². The lowest BCUT2D eigenvalue weighted by Gasteiger charge is -2.36. The van der Waals surface area contributed by atoms with Gasteiger partial charge in [0.05, 0.1) is 48.9 Å². The molecule has 0 amide bonds. The lowest BCUT2D eigenvalue weighted by Crippen LogP contribution is -2.50. The van der Waals surface area contributed by atoms with Crippen molar-refractivity contribution in [1.82, 2.24) is 14.8 Å². The molecule has 7 heteroatoms. The maximum atomic E-state index is 9.47. The van der Waals surface area contributed by atoms with Crippen molar-refractivity contribution in [3.05, 3.63) is 29.6 Å². The highest BCUT2D eigenvalue weighted by Crippen LogP contribution is 2.17. The molecule has 0 aromatic carbocycles. The second kappa shape index (κ2) is 8.84. The number of pyridine rings is 1. The molecule has 24 heavy (non-hydrogen) atoms. The van der Waals surface area contributed by atoms with Gasteiger partial charge in [0.25, 0.3) is 0 Å². The summed E-state index contributed by atoms with van der Waals surface area (Å²) in [6.45, 7) is 3.99. The summed E-state index contributed by atoms with van der Waals surface area (Å²) < 4.78 is 0. The molecule has 0 bridgehead atoms. The van der Waals surface area contributed by atoms with E-state index in [9.17, 15) is 20.4 Å². The topological polar surface area (TPSA) is 100 Å². The Morgan fingerprint density at radius 1 is 0.792 bits per heavy atom. The zero-order valence-electron chi connectivity index (χ0n) is 15.1. The van der Waals surface area contributed by atoms with Crippen molar-refractivity contribution in [2.45, 2.75) is 38.0 Å². The number of nitrogens with zero attached hydrogens (tertiary/aromatic N) is 3. The van der Waals surface area contributed by atoms with Crippen molar-refractivity contribution in [3.8, 4) is 0 Å². The molecule has 0 radical (unpaired) electrons. The maximum absolute atomic E-state index is 9.47. The summed E-state index contributed by atoms with van der Waals surface area (Å²) in [4.78, 5) is 8.35. The highest BCUT2D eigenvalue weighted by Gasteiger charge is 2.29. The van der Waals surface area contributed by atoms with Gasteiger partial charge in [0.15, 0.2) is 0 Å². The van der Waals surface area contributed by atoms with Gasteiger partial charge in [0.2, 0.25) is 0 Å². The number of aliphatic hydroxyl groups is 4. The van der Waals surface area contributed by atoms with Crippen molar-refractivity contribution >= 4 is 0 Å². The Hall–Kier alpha value is -1.09. The van der Waals surface area contributed by atoms with E-state index in [2.05, 4.69) is 4.98 Å². The van der Waals surface area contributed by atoms with Crippen LogP contribution in [0.2, 0.25) is 0 Å². The number of aliphatic hydroxyl groups excluding tert-OH is 4. The van der Waals surface area contributed by atoms with Gasteiger partial charge in [-0.1, -0.05) is 6.07 Å². The first kappa shape index (κ1) is 21.0. The predicted octanol–water partition coefficient (Wildman–Crippen LogP) is -0.568. The van der Waals surface area contributed by atoms with Gasteiger partial charge < -0.3 is 20.4 Å². The van der Waals surface area contributed by atoms with Gasteiger partial charge in [-0.25, -0.2) is 0 Å². The molecule has 0 fully saturated rings. The maximum Gasteiger partial charge on any atom is 0.0645 e. The molecular weight excluding hydrogens is 310 g/mol. The van der Waals surface area contributed by atoms with E-state index in [4.69, 9.17) is 0 Å². The summed E-state index contributed by atoms with van der Waals surface area (Å²) in [5.41, 5.74) is 0.235. The summed E-state index contributed by atoms with van der Waals surface area (Å²) in [7, 11) is 3.67. The number of rotatable bonds is 10. The number of hydrogen-bond donors (Lipinski definition) is 4. The van der Waals surface area contributed by atoms with E-state index >= 15 is 0 Å². The van der Waals surface area contributed by atoms with Crippen molar-refractivity contribution in [2.75, 3.05) is 40.5 Å². The summed E-state index contributed by atoms with van der Waals surface area (Å²) >= 11 is 0. The summed E-state index contributed by atoms with van der Waals surface area (Å²) in [6.07, 6.45) is 0. The van der Waals surface area contributed by atoms with Crippen LogP contribution in [-0.2, 0) is 13.1 Å². The molecule has 1 aromatic heterocycles. The zero-order valence-corrected chi connectivity index (χ0v) is 15.1. The molecule has 4 N–H and O–H groups in total. The monoisotopic (exact) mass is 341 g/mol. The first-order valence-corrected chi connectivity index (χ1v) is 8.05. The van der Waals surface area contributed by atoms with E-state index in [0.717, 1.165) is 11.4 Å². The fourth-order valence-corrected chi connectivity index (χ4v) is 2.16. The zero-order chi connectivity index (χ0) is 18.4. The molecule has 138 valence electrons. The Morgan fingerprint density at radius 3 is 1.42 bits per heavy atom. The average Bonchev–Trinajstić information content (AvgIpc) is 2.60. The summed E-state index contributed by atoms with van der Waals surface area (Å²) in [5.74, 6) is 0. The van der Waals surface area contributed by atoms with Crippen LogP contribution in [-0.4, -0.2) is 86.8 Å². The van der Waals surface area contributed by atoms with Crippen molar-refractivity contribution < 1.29 is 20.4 Å². The molecule has 7 nitrogen and oxygen atoms in total. The number of hydrogen-bond acceptors (Lipinski definition) is 7. The molecule has 0 saturated heterocycles. The fourth-order valence-electron chi connectivity index (χ4n) is 2.16. The van der Waals surface area contributed by atoms with Crippen molar-refractivity contribution in [2.24, 2.45) is 0 Å². The number of likely N-dealkylation sites (N-methyl/N-ethyl adjacent to an activating group) is 2. The fraction of sp³-hybridized carbons (Fsp3) is 0.706. The largest absolute Gasteiger partial charge is 0.394 e. The molecule has 0 aliphatic carbocycles. The summed E-state index contributed by atoms with van der Waals surface area (Å²) in [6, 6.07) is 5.70. The molecule has 0 spiro atoms. The second-order valence-corrected chi connectivity index (χ2v) is 6.96. The molecule has 0 saturated carbocycles. The molecular formula is C17H31N3O4.